The SMILES string of the molecule is CNC(CNc1cc(F)c(S(=O)(=O)Nc2nccs2)cc1Cl)Cc1ccc(F)cc1. The first-order valence-corrected chi connectivity index (χ1v) is 11.6. The van der Waals surface area contributed by atoms with Crippen LogP contribution >= 0.6 is 22.9 Å². The molecule has 1 heterocycles. The molecule has 0 radical (unpaired) electrons. The van der Waals surface area contributed by atoms with E-state index in [-0.39, 0.29) is 27.7 Å². The topological polar surface area (TPSA) is 83.1 Å². The van der Waals surface area contributed by atoms with E-state index in [4.69, 9.17) is 11.6 Å². The van der Waals surface area contributed by atoms with Gasteiger partial charge in [-0.15, -0.1) is 11.3 Å². The summed E-state index contributed by atoms with van der Waals surface area (Å²) < 4.78 is 54.7. The number of sulfonamides is 1. The largest absolute Gasteiger partial charge is 0.382 e. The highest BCUT2D eigenvalue weighted by atomic mass is 35.5. The summed E-state index contributed by atoms with van der Waals surface area (Å²) in [5.74, 6) is -1.25. The average molecular weight is 473 g/mol. The van der Waals surface area contributed by atoms with Crippen molar-refractivity contribution < 1.29 is 17.2 Å². The molecule has 0 aliphatic carbocycles. The first-order valence-electron chi connectivity index (χ1n) is 8.85. The Balaban J connectivity index is 1.70. The van der Waals surface area contributed by atoms with Gasteiger partial charge in [0.25, 0.3) is 10.0 Å². The molecule has 1 aromatic heterocycles. The molecular formula is C19H19ClF2N4O2S2. The molecule has 3 N–H and O–H groups in total. The zero-order valence-corrected chi connectivity index (χ0v) is 18.2. The van der Waals surface area contributed by atoms with Gasteiger partial charge < -0.3 is 10.6 Å². The molecule has 0 bridgehead atoms. The molecule has 160 valence electrons. The van der Waals surface area contributed by atoms with Crippen molar-refractivity contribution in [3.63, 3.8) is 0 Å². The van der Waals surface area contributed by atoms with Gasteiger partial charge in [-0.1, -0.05) is 23.7 Å². The number of likely N-dealkylation sites (N-methyl/N-ethyl adjacent to an activating group) is 1. The summed E-state index contributed by atoms with van der Waals surface area (Å²) >= 11 is 7.27. The van der Waals surface area contributed by atoms with Crippen LogP contribution in [0.1, 0.15) is 5.56 Å². The van der Waals surface area contributed by atoms with Gasteiger partial charge >= 0.3 is 0 Å². The van der Waals surface area contributed by atoms with Crippen LogP contribution in [0.2, 0.25) is 5.02 Å². The minimum absolute atomic E-state index is 0.0513. The number of hydrogen-bond donors (Lipinski definition) is 3. The maximum atomic E-state index is 14.6. The first kappa shape index (κ1) is 22.4. The molecule has 0 saturated carbocycles. The predicted octanol–water partition coefficient (Wildman–Crippen LogP) is 4.12. The van der Waals surface area contributed by atoms with Crippen LogP contribution < -0.4 is 15.4 Å². The number of anilines is 2. The molecule has 0 spiro atoms. The van der Waals surface area contributed by atoms with Crippen molar-refractivity contribution in [2.24, 2.45) is 0 Å². The summed E-state index contributed by atoms with van der Waals surface area (Å²) in [4.78, 5) is 3.26. The fraction of sp³-hybridized carbons (Fsp3) is 0.211. The molecule has 0 aliphatic rings. The molecule has 11 heteroatoms. The van der Waals surface area contributed by atoms with Crippen LogP contribution in [0.3, 0.4) is 0 Å². The quantitative estimate of drug-likeness (QED) is 0.436. The molecule has 1 unspecified atom stereocenters. The van der Waals surface area contributed by atoms with Crippen molar-refractivity contribution in [1.29, 1.82) is 0 Å². The Morgan fingerprint density at radius 3 is 2.57 bits per heavy atom. The van der Waals surface area contributed by atoms with E-state index in [2.05, 4.69) is 20.3 Å². The standard InChI is InChI=1S/C19H19ClF2N4O2S2/c1-23-14(8-12-2-4-13(21)5-3-12)11-25-17-10-16(22)18(9-15(17)20)30(27,28)26-19-24-6-7-29-19/h2-7,9-10,14,23,25H,8,11H2,1H3,(H,24,26). The lowest BCUT2D eigenvalue weighted by molar-refractivity contribution is 0.568. The Kier molecular flexibility index (Phi) is 7.24. The third-order valence-electron chi connectivity index (χ3n) is 4.31. The van der Waals surface area contributed by atoms with Crippen molar-refractivity contribution in [3.05, 3.63) is 70.2 Å². The summed E-state index contributed by atoms with van der Waals surface area (Å²) in [6.45, 7) is 0.385. The van der Waals surface area contributed by atoms with Crippen LogP contribution in [0.5, 0.6) is 0 Å². The third-order valence-corrected chi connectivity index (χ3v) is 6.79. The summed E-state index contributed by atoms with van der Waals surface area (Å²) in [5, 5.41) is 7.94. The number of nitrogens with zero attached hydrogens (tertiary/aromatic N) is 1. The minimum Gasteiger partial charge on any atom is -0.382 e. The number of hydrogen-bond acceptors (Lipinski definition) is 6. The van der Waals surface area contributed by atoms with E-state index in [1.807, 2.05) is 0 Å². The zero-order valence-electron chi connectivity index (χ0n) is 15.8. The number of thiazole rings is 1. The average Bonchev–Trinajstić information content (AvgIpc) is 3.20. The summed E-state index contributed by atoms with van der Waals surface area (Å²) in [6.07, 6.45) is 2.04. The van der Waals surface area contributed by atoms with Gasteiger partial charge in [0, 0.05) is 24.2 Å². The minimum atomic E-state index is -4.17. The Hall–Kier alpha value is -2.27. The maximum Gasteiger partial charge on any atom is 0.266 e. The Labute approximate surface area is 182 Å². The van der Waals surface area contributed by atoms with E-state index < -0.39 is 20.7 Å². The molecule has 0 aliphatic heterocycles. The van der Waals surface area contributed by atoms with E-state index >= 15 is 0 Å². The first-order chi connectivity index (χ1) is 14.3. The van der Waals surface area contributed by atoms with E-state index in [9.17, 15) is 17.2 Å². The van der Waals surface area contributed by atoms with Crippen molar-refractivity contribution in [2.45, 2.75) is 17.4 Å². The molecule has 2 aromatic carbocycles. The fourth-order valence-electron chi connectivity index (χ4n) is 2.73. The number of benzene rings is 2. The van der Waals surface area contributed by atoms with E-state index in [0.717, 1.165) is 29.0 Å². The Bertz CT molecular complexity index is 1090. The van der Waals surface area contributed by atoms with Crippen molar-refractivity contribution >= 4 is 43.8 Å². The molecule has 6 nitrogen and oxygen atoms in total. The highest BCUT2D eigenvalue weighted by Gasteiger charge is 2.22. The predicted molar refractivity (Wildman–Crippen MR) is 116 cm³/mol. The van der Waals surface area contributed by atoms with Crippen LogP contribution in [0.15, 0.2) is 52.9 Å². The summed E-state index contributed by atoms with van der Waals surface area (Å²) in [6, 6.07) is 8.22. The maximum absolute atomic E-state index is 14.6. The number of halogens is 3. The van der Waals surface area contributed by atoms with E-state index in [1.165, 1.54) is 18.3 Å². The highest BCUT2D eigenvalue weighted by Crippen LogP contribution is 2.29. The van der Waals surface area contributed by atoms with Crippen LogP contribution in [0, 0.1) is 11.6 Å². The van der Waals surface area contributed by atoms with Gasteiger partial charge in [-0.05, 0) is 43.3 Å². The molecule has 0 amide bonds. The third kappa shape index (κ3) is 5.66. The molecule has 3 rings (SSSR count). The summed E-state index contributed by atoms with van der Waals surface area (Å²) in [7, 11) is -2.39. The van der Waals surface area contributed by atoms with Crippen LogP contribution in [-0.4, -0.2) is 33.0 Å². The van der Waals surface area contributed by atoms with Crippen molar-refractivity contribution in [2.75, 3.05) is 23.6 Å². The fourth-order valence-corrected chi connectivity index (χ4v) is 4.90. The molecule has 3 aromatic rings. The van der Waals surface area contributed by atoms with Gasteiger partial charge in [0.15, 0.2) is 5.13 Å². The lowest BCUT2D eigenvalue weighted by Crippen LogP contribution is -2.34. The monoisotopic (exact) mass is 472 g/mol. The number of aromatic nitrogens is 1. The second kappa shape index (κ2) is 9.69. The molecule has 1 atom stereocenters. The highest BCUT2D eigenvalue weighted by molar-refractivity contribution is 7.93. The molecule has 30 heavy (non-hydrogen) atoms. The second-order valence-corrected chi connectivity index (χ2v) is 9.35. The van der Waals surface area contributed by atoms with Gasteiger partial charge in [-0.3, -0.25) is 4.72 Å². The lowest BCUT2D eigenvalue weighted by Gasteiger charge is -2.19. The Morgan fingerprint density at radius 2 is 1.93 bits per heavy atom. The smallest absolute Gasteiger partial charge is 0.266 e. The molecule has 0 fully saturated rings. The molecular weight excluding hydrogens is 454 g/mol. The lowest BCUT2D eigenvalue weighted by atomic mass is 10.1. The summed E-state index contributed by atoms with van der Waals surface area (Å²) in [5.41, 5.74) is 1.20. The van der Waals surface area contributed by atoms with E-state index in [1.54, 1.807) is 24.6 Å². The second-order valence-electron chi connectivity index (χ2n) is 6.40. The van der Waals surface area contributed by atoms with E-state index in [0.29, 0.717) is 13.0 Å². The van der Waals surface area contributed by atoms with Crippen LogP contribution in [0.4, 0.5) is 19.6 Å². The zero-order chi connectivity index (χ0) is 21.7. The van der Waals surface area contributed by atoms with Gasteiger partial charge in [0.1, 0.15) is 16.5 Å². The van der Waals surface area contributed by atoms with Crippen molar-refractivity contribution in [3.8, 4) is 0 Å². The van der Waals surface area contributed by atoms with Crippen LogP contribution in [-0.2, 0) is 16.4 Å². The van der Waals surface area contributed by atoms with Gasteiger partial charge in [-0.2, -0.15) is 0 Å². The Morgan fingerprint density at radius 1 is 1.20 bits per heavy atom. The van der Waals surface area contributed by atoms with Crippen LogP contribution in [0.25, 0.3) is 0 Å². The van der Waals surface area contributed by atoms with Gasteiger partial charge in [0.2, 0.25) is 0 Å². The number of rotatable bonds is 9. The normalized spacial score (nSPS) is 12.5. The van der Waals surface area contributed by atoms with Crippen molar-refractivity contribution in [1.82, 2.24) is 10.3 Å². The van der Waals surface area contributed by atoms with Gasteiger partial charge in [-0.25, -0.2) is 22.2 Å². The molecule has 0 saturated heterocycles. The van der Waals surface area contributed by atoms with Gasteiger partial charge in [0.05, 0.1) is 10.7 Å². The number of nitrogens with one attached hydrogen (secondary N) is 3.